The first kappa shape index (κ1) is 16.8. The summed E-state index contributed by atoms with van der Waals surface area (Å²) in [7, 11) is 0. The molecule has 1 aliphatic rings. The van der Waals surface area contributed by atoms with E-state index in [1.165, 1.54) is 5.56 Å². The van der Waals surface area contributed by atoms with Crippen LogP contribution in [-0.4, -0.2) is 36.0 Å². The first-order chi connectivity index (χ1) is 10.5. The lowest BCUT2D eigenvalue weighted by atomic mass is 9.97. The molecule has 2 atom stereocenters. The fraction of sp³-hybridized carbons (Fsp3) is 0.611. The lowest BCUT2D eigenvalue weighted by molar-refractivity contribution is -0.135. The van der Waals surface area contributed by atoms with Crippen LogP contribution < -0.4 is 10.5 Å². The van der Waals surface area contributed by atoms with Crippen molar-refractivity contribution in [2.75, 3.05) is 13.1 Å². The number of nitrogens with two attached hydrogens (primary N) is 1. The molecule has 2 rings (SSSR count). The van der Waals surface area contributed by atoms with Gasteiger partial charge in [0, 0.05) is 25.9 Å². The molecule has 1 aromatic carbocycles. The standard InChI is InChI=1S/C18H28N2O2/c1-4-14(3)17(19)18(21)20-11-9-16(10-12-20)22-15-7-5-13(2)6-8-15/h5-8,14,16-17H,4,9-12,19H2,1-3H3. The van der Waals surface area contributed by atoms with Crippen LogP contribution in [0.15, 0.2) is 24.3 Å². The van der Waals surface area contributed by atoms with E-state index in [1.54, 1.807) is 0 Å². The monoisotopic (exact) mass is 304 g/mol. The molecule has 1 amide bonds. The van der Waals surface area contributed by atoms with Gasteiger partial charge in [-0.15, -0.1) is 0 Å². The molecule has 0 saturated carbocycles. The van der Waals surface area contributed by atoms with Gasteiger partial charge < -0.3 is 15.4 Å². The number of hydrogen-bond donors (Lipinski definition) is 1. The zero-order valence-corrected chi connectivity index (χ0v) is 13.9. The average molecular weight is 304 g/mol. The number of rotatable bonds is 5. The topological polar surface area (TPSA) is 55.6 Å². The molecule has 122 valence electrons. The smallest absolute Gasteiger partial charge is 0.239 e. The average Bonchev–Trinajstić information content (AvgIpc) is 2.55. The fourth-order valence-electron chi connectivity index (χ4n) is 2.71. The molecule has 22 heavy (non-hydrogen) atoms. The van der Waals surface area contributed by atoms with Gasteiger partial charge in [-0.3, -0.25) is 4.79 Å². The maximum absolute atomic E-state index is 12.4. The van der Waals surface area contributed by atoms with Gasteiger partial charge >= 0.3 is 0 Å². The zero-order valence-electron chi connectivity index (χ0n) is 13.9. The zero-order chi connectivity index (χ0) is 16.1. The number of benzene rings is 1. The van der Waals surface area contributed by atoms with E-state index in [0.717, 1.165) is 38.1 Å². The lowest BCUT2D eigenvalue weighted by Gasteiger charge is -2.34. The number of ether oxygens (including phenoxy) is 1. The Kier molecular flexibility index (Phi) is 5.83. The van der Waals surface area contributed by atoms with Gasteiger partial charge in [0.15, 0.2) is 0 Å². The van der Waals surface area contributed by atoms with E-state index >= 15 is 0 Å². The van der Waals surface area contributed by atoms with E-state index in [4.69, 9.17) is 10.5 Å². The highest BCUT2D eigenvalue weighted by atomic mass is 16.5. The van der Waals surface area contributed by atoms with Crippen LogP contribution in [0.5, 0.6) is 5.75 Å². The van der Waals surface area contributed by atoms with E-state index in [-0.39, 0.29) is 24.0 Å². The summed E-state index contributed by atoms with van der Waals surface area (Å²) < 4.78 is 6.00. The summed E-state index contributed by atoms with van der Waals surface area (Å²) >= 11 is 0. The van der Waals surface area contributed by atoms with Crippen LogP contribution >= 0.6 is 0 Å². The van der Waals surface area contributed by atoms with Gasteiger partial charge in [0.05, 0.1) is 6.04 Å². The Bertz CT molecular complexity index is 478. The van der Waals surface area contributed by atoms with E-state index in [1.807, 2.05) is 24.0 Å². The van der Waals surface area contributed by atoms with Crippen molar-refractivity contribution in [1.29, 1.82) is 0 Å². The normalized spacial score (nSPS) is 18.8. The Balaban J connectivity index is 1.82. The molecule has 0 radical (unpaired) electrons. The molecule has 2 unspecified atom stereocenters. The molecule has 4 nitrogen and oxygen atoms in total. The summed E-state index contributed by atoms with van der Waals surface area (Å²) in [6.07, 6.45) is 2.85. The molecule has 1 aliphatic heterocycles. The molecule has 4 heteroatoms. The van der Waals surface area contributed by atoms with Gasteiger partial charge in [-0.05, 0) is 25.0 Å². The van der Waals surface area contributed by atoms with Crippen LogP contribution in [0.4, 0.5) is 0 Å². The SMILES string of the molecule is CCC(C)C(N)C(=O)N1CCC(Oc2ccc(C)cc2)CC1. The Morgan fingerprint density at radius 2 is 1.91 bits per heavy atom. The minimum absolute atomic E-state index is 0.0862. The van der Waals surface area contributed by atoms with Crippen molar-refractivity contribution in [2.24, 2.45) is 11.7 Å². The Morgan fingerprint density at radius 3 is 2.45 bits per heavy atom. The molecule has 1 saturated heterocycles. The number of carbonyl (C=O) groups excluding carboxylic acids is 1. The van der Waals surface area contributed by atoms with Crippen molar-refractivity contribution in [3.8, 4) is 5.75 Å². The third-order valence-electron chi connectivity index (χ3n) is 4.62. The van der Waals surface area contributed by atoms with E-state index in [9.17, 15) is 4.79 Å². The first-order valence-corrected chi connectivity index (χ1v) is 8.29. The molecule has 2 N–H and O–H groups in total. The van der Waals surface area contributed by atoms with Crippen LogP contribution in [0.2, 0.25) is 0 Å². The molecule has 1 aromatic rings. The largest absolute Gasteiger partial charge is 0.490 e. The number of piperidine rings is 1. The molecular formula is C18H28N2O2. The Labute approximate surface area is 133 Å². The second-order valence-corrected chi connectivity index (χ2v) is 6.37. The minimum atomic E-state index is -0.375. The van der Waals surface area contributed by atoms with Crippen molar-refractivity contribution in [2.45, 2.75) is 52.2 Å². The maximum Gasteiger partial charge on any atom is 0.239 e. The first-order valence-electron chi connectivity index (χ1n) is 8.29. The van der Waals surface area contributed by atoms with Crippen LogP contribution in [0.25, 0.3) is 0 Å². The van der Waals surface area contributed by atoms with E-state index in [2.05, 4.69) is 26.0 Å². The predicted octanol–water partition coefficient (Wildman–Crippen LogP) is 2.74. The summed E-state index contributed by atoms with van der Waals surface area (Å²) in [5.41, 5.74) is 7.28. The van der Waals surface area contributed by atoms with E-state index < -0.39 is 0 Å². The fourth-order valence-corrected chi connectivity index (χ4v) is 2.71. The van der Waals surface area contributed by atoms with Crippen molar-refractivity contribution in [1.82, 2.24) is 4.90 Å². The maximum atomic E-state index is 12.4. The van der Waals surface area contributed by atoms with Gasteiger partial charge in [-0.25, -0.2) is 0 Å². The van der Waals surface area contributed by atoms with Crippen molar-refractivity contribution < 1.29 is 9.53 Å². The van der Waals surface area contributed by atoms with Gasteiger partial charge in [-0.2, -0.15) is 0 Å². The number of nitrogens with zero attached hydrogens (tertiary/aromatic N) is 1. The van der Waals surface area contributed by atoms with Crippen LogP contribution in [0.3, 0.4) is 0 Å². The number of aryl methyl sites for hydroxylation is 1. The number of amides is 1. The molecule has 0 bridgehead atoms. The number of carbonyl (C=O) groups is 1. The molecular weight excluding hydrogens is 276 g/mol. The number of likely N-dealkylation sites (tertiary alicyclic amines) is 1. The van der Waals surface area contributed by atoms with Gasteiger partial charge in [0.2, 0.25) is 5.91 Å². The quantitative estimate of drug-likeness (QED) is 0.910. The highest BCUT2D eigenvalue weighted by Crippen LogP contribution is 2.20. The molecule has 1 fully saturated rings. The second kappa shape index (κ2) is 7.63. The summed E-state index contributed by atoms with van der Waals surface area (Å²) in [4.78, 5) is 14.3. The van der Waals surface area contributed by atoms with Crippen molar-refractivity contribution >= 4 is 5.91 Å². The lowest BCUT2D eigenvalue weighted by Crippen LogP contribution is -2.50. The summed E-state index contributed by atoms with van der Waals surface area (Å²) in [6, 6.07) is 7.75. The van der Waals surface area contributed by atoms with Gasteiger partial charge in [0.1, 0.15) is 11.9 Å². The minimum Gasteiger partial charge on any atom is -0.490 e. The highest BCUT2D eigenvalue weighted by Gasteiger charge is 2.29. The highest BCUT2D eigenvalue weighted by molar-refractivity contribution is 5.82. The molecule has 1 heterocycles. The van der Waals surface area contributed by atoms with Gasteiger partial charge in [-0.1, -0.05) is 38.0 Å². The van der Waals surface area contributed by atoms with Crippen LogP contribution in [0, 0.1) is 12.8 Å². The number of hydrogen-bond acceptors (Lipinski definition) is 3. The second-order valence-electron chi connectivity index (χ2n) is 6.37. The third kappa shape index (κ3) is 4.23. The Morgan fingerprint density at radius 1 is 1.32 bits per heavy atom. The van der Waals surface area contributed by atoms with Crippen LogP contribution in [0.1, 0.15) is 38.7 Å². The van der Waals surface area contributed by atoms with Crippen LogP contribution in [-0.2, 0) is 4.79 Å². The van der Waals surface area contributed by atoms with Gasteiger partial charge in [0.25, 0.3) is 0 Å². The predicted molar refractivity (Wildman–Crippen MR) is 88.8 cm³/mol. The summed E-state index contributed by atoms with van der Waals surface area (Å²) in [5.74, 6) is 1.23. The summed E-state index contributed by atoms with van der Waals surface area (Å²) in [5, 5.41) is 0. The molecule has 0 aromatic heterocycles. The van der Waals surface area contributed by atoms with E-state index in [0.29, 0.717) is 0 Å². The molecule has 0 aliphatic carbocycles. The molecule has 0 spiro atoms. The summed E-state index contributed by atoms with van der Waals surface area (Å²) in [6.45, 7) is 7.64. The van der Waals surface area contributed by atoms with Crippen molar-refractivity contribution in [3.63, 3.8) is 0 Å². The van der Waals surface area contributed by atoms with Crippen molar-refractivity contribution in [3.05, 3.63) is 29.8 Å². The Hall–Kier alpha value is -1.55. The third-order valence-corrected chi connectivity index (χ3v) is 4.62.